The van der Waals surface area contributed by atoms with Gasteiger partial charge in [0.1, 0.15) is 0 Å². The molecule has 1 aromatic rings. The van der Waals surface area contributed by atoms with E-state index >= 15 is 0 Å². The maximum absolute atomic E-state index is 10.7. The van der Waals surface area contributed by atoms with Gasteiger partial charge in [-0.15, -0.1) is 0 Å². The molecule has 18 heavy (non-hydrogen) atoms. The lowest BCUT2D eigenvalue weighted by atomic mass is 9.99. The number of hydrogen-bond acceptors (Lipinski definition) is 4. The first kappa shape index (κ1) is 12.9. The van der Waals surface area contributed by atoms with Crippen LogP contribution in [0.2, 0.25) is 10.0 Å². The Morgan fingerprint density at radius 3 is 2.28 bits per heavy atom. The Labute approximate surface area is 112 Å². The largest absolute Gasteiger partial charge is 0.481 e. The average molecular weight is 291 g/mol. The summed E-state index contributed by atoms with van der Waals surface area (Å²) in [5.41, 5.74) is 0.255. The van der Waals surface area contributed by atoms with Crippen molar-refractivity contribution in [3.8, 4) is 0 Å². The van der Waals surface area contributed by atoms with Crippen LogP contribution < -0.4 is 4.90 Å². The molecule has 8 heteroatoms. The number of nitrogens with zero attached hydrogens (tertiary/aromatic N) is 2. The molecule has 0 bridgehead atoms. The zero-order valence-corrected chi connectivity index (χ0v) is 10.5. The molecular weight excluding hydrogens is 283 g/mol. The second kappa shape index (κ2) is 4.62. The summed E-state index contributed by atoms with van der Waals surface area (Å²) in [6, 6.07) is 2.41. The van der Waals surface area contributed by atoms with Crippen molar-refractivity contribution in [1.82, 2.24) is 0 Å². The van der Waals surface area contributed by atoms with Crippen LogP contribution in [-0.4, -0.2) is 29.1 Å². The maximum Gasteiger partial charge on any atom is 0.310 e. The van der Waals surface area contributed by atoms with Crippen LogP contribution in [0, 0.1) is 16.0 Å². The number of carbonyl (C=O) groups is 1. The Kier molecular flexibility index (Phi) is 3.32. The molecular formula is C10H8Cl2N2O4. The summed E-state index contributed by atoms with van der Waals surface area (Å²) < 4.78 is 0. The number of rotatable bonds is 3. The van der Waals surface area contributed by atoms with Crippen LogP contribution in [0.25, 0.3) is 0 Å². The summed E-state index contributed by atoms with van der Waals surface area (Å²) in [5, 5.41) is 19.7. The summed E-state index contributed by atoms with van der Waals surface area (Å²) >= 11 is 11.9. The topological polar surface area (TPSA) is 83.7 Å². The van der Waals surface area contributed by atoms with Gasteiger partial charge in [0.25, 0.3) is 5.69 Å². The normalized spacial score (nSPS) is 15.3. The van der Waals surface area contributed by atoms with E-state index in [1.165, 1.54) is 12.1 Å². The Morgan fingerprint density at radius 1 is 1.39 bits per heavy atom. The van der Waals surface area contributed by atoms with E-state index in [0.29, 0.717) is 18.8 Å². The summed E-state index contributed by atoms with van der Waals surface area (Å²) in [6.07, 6.45) is 0. The van der Waals surface area contributed by atoms with Crippen molar-refractivity contribution in [1.29, 1.82) is 0 Å². The predicted molar refractivity (Wildman–Crippen MR) is 66.5 cm³/mol. The summed E-state index contributed by atoms with van der Waals surface area (Å²) in [7, 11) is 0. The zero-order valence-electron chi connectivity index (χ0n) is 8.97. The standard InChI is InChI=1S/C10H8Cl2N2O4/c11-7-1-6(14(17)18)2-8(12)9(7)13-3-5(4-13)10(15)16/h1-2,5H,3-4H2,(H,15,16). The van der Waals surface area contributed by atoms with Gasteiger partial charge >= 0.3 is 5.97 Å². The van der Waals surface area contributed by atoms with Gasteiger partial charge in [0.15, 0.2) is 0 Å². The second-order valence-corrected chi connectivity index (χ2v) is 4.77. The molecule has 1 aliphatic rings. The van der Waals surface area contributed by atoms with E-state index in [1.54, 1.807) is 4.90 Å². The van der Waals surface area contributed by atoms with Gasteiger partial charge in [0.05, 0.1) is 26.6 Å². The van der Waals surface area contributed by atoms with Gasteiger partial charge in [-0.25, -0.2) is 0 Å². The van der Waals surface area contributed by atoms with Crippen LogP contribution in [0.1, 0.15) is 0 Å². The summed E-state index contributed by atoms with van der Waals surface area (Å²) in [5.74, 6) is -1.33. The number of benzene rings is 1. The molecule has 0 atom stereocenters. The van der Waals surface area contributed by atoms with E-state index in [4.69, 9.17) is 28.3 Å². The number of hydrogen-bond donors (Lipinski definition) is 1. The molecule has 0 amide bonds. The molecule has 96 valence electrons. The fourth-order valence-corrected chi connectivity index (χ4v) is 2.49. The first-order valence-electron chi connectivity index (χ1n) is 5.01. The molecule has 1 heterocycles. The van der Waals surface area contributed by atoms with E-state index in [-0.39, 0.29) is 15.7 Å². The van der Waals surface area contributed by atoms with E-state index < -0.39 is 16.8 Å². The molecule has 6 nitrogen and oxygen atoms in total. The van der Waals surface area contributed by atoms with Crippen LogP contribution in [0.5, 0.6) is 0 Å². The van der Waals surface area contributed by atoms with Crippen LogP contribution in [0.15, 0.2) is 12.1 Å². The highest BCUT2D eigenvalue weighted by molar-refractivity contribution is 6.39. The average Bonchev–Trinajstić information content (AvgIpc) is 2.18. The summed E-state index contributed by atoms with van der Waals surface area (Å²) in [4.78, 5) is 22.4. The number of carboxylic acid groups (broad SMARTS) is 1. The van der Waals surface area contributed by atoms with Crippen LogP contribution in [0.4, 0.5) is 11.4 Å². The highest BCUT2D eigenvalue weighted by Gasteiger charge is 2.35. The lowest BCUT2D eigenvalue weighted by Gasteiger charge is -2.39. The van der Waals surface area contributed by atoms with Gasteiger partial charge in [0.2, 0.25) is 0 Å². The van der Waals surface area contributed by atoms with Gasteiger partial charge in [-0.05, 0) is 0 Å². The van der Waals surface area contributed by atoms with Crippen molar-refractivity contribution in [2.75, 3.05) is 18.0 Å². The predicted octanol–water partition coefficient (Wildman–Crippen LogP) is 2.42. The lowest BCUT2D eigenvalue weighted by Crippen LogP contribution is -2.50. The van der Waals surface area contributed by atoms with Gasteiger partial charge in [-0.1, -0.05) is 23.2 Å². The molecule has 0 unspecified atom stereocenters. The quantitative estimate of drug-likeness (QED) is 0.683. The zero-order chi connectivity index (χ0) is 13.4. The third kappa shape index (κ3) is 2.21. The van der Waals surface area contributed by atoms with Crippen LogP contribution in [0.3, 0.4) is 0 Å². The monoisotopic (exact) mass is 290 g/mol. The highest BCUT2D eigenvalue weighted by atomic mass is 35.5. The third-order valence-electron chi connectivity index (χ3n) is 2.76. The maximum atomic E-state index is 10.7. The number of aliphatic carboxylic acids is 1. The molecule has 1 N–H and O–H groups in total. The van der Waals surface area contributed by atoms with Crippen LogP contribution >= 0.6 is 23.2 Å². The molecule has 0 aromatic heterocycles. The molecule has 0 radical (unpaired) electrons. The molecule has 1 aliphatic heterocycles. The van der Waals surface area contributed by atoms with Crippen molar-refractivity contribution >= 4 is 40.5 Å². The number of non-ortho nitro benzene ring substituents is 1. The molecule has 1 saturated heterocycles. The Hall–Kier alpha value is -1.53. The van der Waals surface area contributed by atoms with Crippen molar-refractivity contribution in [2.24, 2.45) is 5.92 Å². The summed E-state index contributed by atoms with van der Waals surface area (Å²) in [6.45, 7) is 0.596. The molecule has 0 saturated carbocycles. The Morgan fingerprint density at radius 2 is 1.89 bits per heavy atom. The lowest BCUT2D eigenvalue weighted by molar-refractivity contribution is -0.384. The third-order valence-corrected chi connectivity index (χ3v) is 3.34. The first-order chi connectivity index (χ1) is 8.40. The van der Waals surface area contributed by atoms with Crippen molar-refractivity contribution in [3.05, 3.63) is 32.3 Å². The minimum absolute atomic E-state index is 0.151. The second-order valence-electron chi connectivity index (χ2n) is 3.96. The van der Waals surface area contributed by atoms with Crippen LogP contribution in [-0.2, 0) is 4.79 Å². The van der Waals surface area contributed by atoms with Crippen molar-refractivity contribution in [3.63, 3.8) is 0 Å². The minimum Gasteiger partial charge on any atom is -0.481 e. The number of anilines is 1. The molecule has 0 spiro atoms. The van der Waals surface area contributed by atoms with E-state index in [0.717, 1.165) is 0 Å². The minimum atomic E-state index is -0.875. The molecule has 2 rings (SSSR count). The first-order valence-corrected chi connectivity index (χ1v) is 5.77. The van der Waals surface area contributed by atoms with E-state index in [2.05, 4.69) is 0 Å². The van der Waals surface area contributed by atoms with Gasteiger partial charge < -0.3 is 10.0 Å². The van der Waals surface area contributed by atoms with Crippen molar-refractivity contribution < 1.29 is 14.8 Å². The van der Waals surface area contributed by atoms with Gasteiger partial charge in [0, 0.05) is 25.2 Å². The highest BCUT2D eigenvalue weighted by Crippen LogP contribution is 2.40. The number of halogens is 2. The van der Waals surface area contributed by atoms with Crippen molar-refractivity contribution in [2.45, 2.75) is 0 Å². The Bertz CT molecular complexity index is 506. The van der Waals surface area contributed by atoms with E-state index in [1.807, 2.05) is 0 Å². The fourth-order valence-electron chi connectivity index (χ4n) is 1.78. The Balaban J connectivity index is 2.25. The SMILES string of the molecule is O=C(O)C1CN(c2c(Cl)cc([N+](=O)[O-])cc2Cl)C1. The smallest absolute Gasteiger partial charge is 0.310 e. The number of carboxylic acids is 1. The van der Waals surface area contributed by atoms with Gasteiger partial charge in [-0.2, -0.15) is 0 Å². The molecule has 1 fully saturated rings. The molecule has 1 aromatic carbocycles. The number of nitro benzene ring substituents is 1. The van der Waals surface area contributed by atoms with E-state index in [9.17, 15) is 14.9 Å². The molecule has 0 aliphatic carbocycles. The fraction of sp³-hybridized carbons (Fsp3) is 0.300. The number of nitro groups is 1. The van der Waals surface area contributed by atoms with Gasteiger partial charge in [-0.3, -0.25) is 14.9 Å².